The predicted octanol–water partition coefficient (Wildman–Crippen LogP) is 1.82. The van der Waals surface area contributed by atoms with Gasteiger partial charge in [0.05, 0.1) is 7.11 Å². The van der Waals surface area contributed by atoms with Crippen LogP contribution < -0.4 is 14.8 Å². The van der Waals surface area contributed by atoms with E-state index in [-0.39, 0.29) is 6.61 Å². The molecule has 1 aromatic rings. The monoisotopic (exact) mass is 253 g/mol. The van der Waals surface area contributed by atoms with Crippen LogP contribution in [0.3, 0.4) is 0 Å². The number of para-hydroxylation sites is 2. The maximum atomic E-state index is 9.79. The summed E-state index contributed by atoms with van der Waals surface area (Å²) in [6.45, 7) is 4.98. The first kappa shape index (κ1) is 14.8. The summed E-state index contributed by atoms with van der Waals surface area (Å²) in [4.78, 5) is 0. The van der Waals surface area contributed by atoms with Crippen molar-refractivity contribution < 1.29 is 14.6 Å². The molecule has 0 aromatic heterocycles. The minimum absolute atomic E-state index is 0.254. The van der Waals surface area contributed by atoms with Crippen molar-refractivity contribution in [3.63, 3.8) is 0 Å². The number of methoxy groups -OCH3 is 1. The molecule has 1 aromatic carbocycles. The Hall–Kier alpha value is -1.26. The molecular formula is C14H23NO3. The van der Waals surface area contributed by atoms with Crippen LogP contribution in [0.25, 0.3) is 0 Å². The van der Waals surface area contributed by atoms with E-state index in [1.165, 1.54) is 0 Å². The fourth-order valence-corrected chi connectivity index (χ4v) is 1.46. The lowest BCUT2D eigenvalue weighted by atomic mass is 10.2. The molecule has 4 nitrogen and oxygen atoms in total. The van der Waals surface area contributed by atoms with Crippen molar-refractivity contribution in [2.75, 3.05) is 20.3 Å². The highest BCUT2D eigenvalue weighted by molar-refractivity contribution is 5.39. The van der Waals surface area contributed by atoms with Crippen LogP contribution in [0.4, 0.5) is 0 Å². The Morgan fingerprint density at radius 3 is 2.56 bits per heavy atom. The molecule has 0 saturated heterocycles. The third kappa shape index (κ3) is 4.94. The summed E-state index contributed by atoms with van der Waals surface area (Å²) >= 11 is 0. The van der Waals surface area contributed by atoms with Crippen LogP contribution in [0, 0.1) is 0 Å². The van der Waals surface area contributed by atoms with E-state index in [9.17, 15) is 5.11 Å². The van der Waals surface area contributed by atoms with Gasteiger partial charge in [-0.25, -0.2) is 0 Å². The minimum atomic E-state index is -0.524. The molecule has 1 rings (SSSR count). The van der Waals surface area contributed by atoms with Gasteiger partial charge in [0.1, 0.15) is 12.7 Å². The molecule has 0 spiro atoms. The lowest BCUT2D eigenvalue weighted by Crippen LogP contribution is -2.36. The van der Waals surface area contributed by atoms with E-state index >= 15 is 0 Å². The number of ether oxygens (including phenoxy) is 2. The first-order chi connectivity index (χ1) is 8.67. The zero-order valence-corrected chi connectivity index (χ0v) is 11.3. The highest BCUT2D eigenvalue weighted by Crippen LogP contribution is 2.25. The van der Waals surface area contributed by atoms with E-state index in [0.29, 0.717) is 24.1 Å². The maximum absolute atomic E-state index is 9.79. The Morgan fingerprint density at radius 2 is 1.94 bits per heavy atom. The molecule has 0 aliphatic carbocycles. The molecule has 102 valence electrons. The second kappa shape index (κ2) is 7.95. The number of hydrogen-bond donors (Lipinski definition) is 2. The molecule has 2 N–H and O–H groups in total. The number of benzene rings is 1. The number of aliphatic hydroxyl groups excluding tert-OH is 1. The van der Waals surface area contributed by atoms with E-state index in [4.69, 9.17) is 9.47 Å². The molecular weight excluding hydrogens is 230 g/mol. The average Bonchev–Trinajstić information content (AvgIpc) is 2.42. The second-order valence-electron chi connectivity index (χ2n) is 4.33. The third-order valence-electron chi connectivity index (χ3n) is 2.81. The van der Waals surface area contributed by atoms with Gasteiger partial charge in [0.15, 0.2) is 11.5 Å². The molecule has 0 aliphatic heterocycles. The molecule has 4 heteroatoms. The Balaban J connectivity index is 2.35. The summed E-state index contributed by atoms with van der Waals surface area (Å²) in [5, 5.41) is 13.0. The molecule has 0 bridgehead atoms. The second-order valence-corrected chi connectivity index (χ2v) is 4.33. The normalized spacial score (nSPS) is 14.0. The third-order valence-corrected chi connectivity index (χ3v) is 2.81. The molecule has 0 unspecified atom stereocenters. The molecule has 0 heterocycles. The van der Waals surface area contributed by atoms with Crippen molar-refractivity contribution in [2.24, 2.45) is 0 Å². The molecule has 0 saturated carbocycles. The fraction of sp³-hybridized carbons (Fsp3) is 0.571. The van der Waals surface area contributed by atoms with Gasteiger partial charge in [-0.2, -0.15) is 0 Å². The van der Waals surface area contributed by atoms with Crippen molar-refractivity contribution in [1.29, 1.82) is 0 Å². The van der Waals surface area contributed by atoms with Gasteiger partial charge in [0.25, 0.3) is 0 Å². The summed E-state index contributed by atoms with van der Waals surface area (Å²) in [6, 6.07) is 7.83. The van der Waals surface area contributed by atoms with Crippen molar-refractivity contribution >= 4 is 0 Å². The van der Waals surface area contributed by atoms with Crippen LogP contribution in [0.5, 0.6) is 11.5 Å². The molecule has 0 amide bonds. The van der Waals surface area contributed by atoms with E-state index in [2.05, 4.69) is 19.2 Å². The fourth-order valence-electron chi connectivity index (χ4n) is 1.46. The molecule has 18 heavy (non-hydrogen) atoms. The standard InChI is InChI=1S/C14H23NO3/c1-4-11(2)15-9-12(16)10-18-14-8-6-5-7-13(14)17-3/h5-8,11-12,15-16H,4,9-10H2,1-3H3/t11-,12+/m1/s1. The highest BCUT2D eigenvalue weighted by atomic mass is 16.5. The van der Waals surface area contributed by atoms with Crippen LogP contribution in [-0.2, 0) is 0 Å². The first-order valence-electron chi connectivity index (χ1n) is 6.34. The van der Waals surface area contributed by atoms with E-state index in [1.807, 2.05) is 24.3 Å². The summed E-state index contributed by atoms with van der Waals surface area (Å²) in [7, 11) is 1.60. The van der Waals surface area contributed by atoms with Gasteiger partial charge in [-0.15, -0.1) is 0 Å². The van der Waals surface area contributed by atoms with Crippen LogP contribution in [-0.4, -0.2) is 37.5 Å². The predicted molar refractivity (Wildman–Crippen MR) is 72.3 cm³/mol. The summed E-state index contributed by atoms with van der Waals surface area (Å²) in [5.41, 5.74) is 0. The van der Waals surface area contributed by atoms with Gasteiger partial charge in [0, 0.05) is 12.6 Å². The number of hydrogen-bond acceptors (Lipinski definition) is 4. The van der Waals surface area contributed by atoms with Crippen LogP contribution in [0.15, 0.2) is 24.3 Å². The number of nitrogens with one attached hydrogen (secondary N) is 1. The smallest absolute Gasteiger partial charge is 0.161 e. The quantitative estimate of drug-likeness (QED) is 0.742. The summed E-state index contributed by atoms with van der Waals surface area (Å²) < 4.78 is 10.7. The Bertz CT molecular complexity index is 344. The zero-order chi connectivity index (χ0) is 13.4. The Morgan fingerprint density at radius 1 is 1.28 bits per heavy atom. The SMILES string of the molecule is CC[C@@H](C)NC[C@H](O)COc1ccccc1OC. The molecule has 0 aliphatic rings. The van der Waals surface area contributed by atoms with Gasteiger partial charge in [-0.1, -0.05) is 19.1 Å². The molecule has 0 radical (unpaired) electrons. The summed E-state index contributed by atoms with van der Waals surface area (Å²) in [6.07, 6.45) is 0.518. The lowest BCUT2D eigenvalue weighted by Gasteiger charge is -2.17. The van der Waals surface area contributed by atoms with Crippen molar-refractivity contribution in [2.45, 2.75) is 32.4 Å². The van der Waals surface area contributed by atoms with E-state index in [0.717, 1.165) is 6.42 Å². The maximum Gasteiger partial charge on any atom is 0.161 e. The van der Waals surface area contributed by atoms with Crippen molar-refractivity contribution in [3.05, 3.63) is 24.3 Å². The van der Waals surface area contributed by atoms with Crippen molar-refractivity contribution in [1.82, 2.24) is 5.32 Å². The first-order valence-corrected chi connectivity index (χ1v) is 6.34. The van der Waals surface area contributed by atoms with Gasteiger partial charge < -0.3 is 19.9 Å². The Labute approximate surface area is 109 Å². The molecule has 0 fully saturated rings. The summed E-state index contributed by atoms with van der Waals surface area (Å²) in [5.74, 6) is 1.34. The number of rotatable bonds is 8. The van der Waals surface area contributed by atoms with Crippen LogP contribution >= 0.6 is 0 Å². The zero-order valence-electron chi connectivity index (χ0n) is 11.3. The number of aliphatic hydroxyl groups is 1. The molecule has 2 atom stereocenters. The largest absolute Gasteiger partial charge is 0.493 e. The van der Waals surface area contributed by atoms with Crippen molar-refractivity contribution in [3.8, 4) is 11.5 Å². The lowest BCUT2D eigenvalue weighted by molar-refractivity contribution is 0.102. The Kier molecular flexibility index (Phi) is 6.54. The minimum Gasteiger partial charge on any atom is -0.493 e. The average molecular weight is 253 g/mol. The van der Waals surface area contributed by atoms with Gasteiger partial charge in [-0.05, 0) is 25.5 Å². The van der Waals surface area contributed by atoms with Crippen LogP contribution in [0.2, 0.25) is 0 Å². The van der Waals surface area contributed by atoms with E-state index < -0.39 is 6.10 Å². The van der Waals surface area contributed by atoms with Gasteiger partial charge in [-0.3, -0.25) is 0 Å². The van der Waals surface area contributed by atoms with Gasteiger partial charge >= 0.3 is 0 Å². The van der Waals surface area contributed by atoms with Crippen LogP contribution in [0.1, 0.15) is 20.3 Å². The van der Waals surface area contributed by atoms with E-state index in [1.54, 1.807) is 7.11 Å². The van der Waals surface area contributed by atoms with Gasteiger partial charge in [0.2, 0.25) is 0 Å². The topological polar surface area (TPSA) is 50.7 Å². The highest BCUT2D eigenvalue weighted by Gasteiger charge is 2.09.